The summed E-state index contributed by atoms with van der Waals surface area (Å²) in [5.41, 5.74) is 1.81. The summed E-state index contributed by atoms with van der Waals surface area (Å²) < 4.78 is 0. The van der Waals surface area contributed by atoms with Gasteiger partial charge in [0, 0.05) is 31.3 Å². The Kier molecular flexibility index (Phi) is 5.33. The summed E-state index contributed by atoms with van der Waals surface area (Å²) in [4.78, 5) is 8.70. The predicted octanol–water partition coefficient (Wildman–Crippen LogP) is 3.80. The van der Waals surface area contributed by atoms with Gasteiger partial charge in [0.2, 0.25) is 0 Å². The van der Waals surface area contributed by atoms with Crippen molar-refractivity contribution in [2.75, 3.05) is 13.1 Å². The zero-order chi connectivity index (χ0) is 17.8. The molecule has 2 aliphatic heterocycles. The summed E-state index contributed by atoms with van der Waals surface area (Å²) >= 11 is 0. The van der Waals surface area contributed by atoms with E-state index in [4.69, 9.17) is 10.1 Å². The van der Waals surface area contributed by atoms with Crippen LogP contribution in [0.15, 0.2) is 41.6 Å². The Hall–Kier alpha value is -2.16. The van der Waals surface area contributed by atoms with Crippen LogP contribution in [-0.2, 0) is 4.84 Å². The number of hydroxylamine groups is 1. The van der Waals surface area contributed by atoms with E-state index >= 15 is 0 Å². The Morgan fingerprint density at radius 1 is 1.04 bits per heavy atom. The summed E-state index contributed by atoms with van der Waals surface area (Å²) in [6, 6.07) is 10.6. The van der Waals surface area contributed by atoms with E-state index in [0.29, 0.717) is 5.56 Å². The minimum absolute atomic E-state index is 0.131. The average Bonchev–Trinajstić information content (AvgIpc) is 3.24. The third kappa shape index (κ3) is 3.98. The summed E-state index contributed by atoms with van der Waals surface area (Å²) in [6.07, 6.45) is 13.8. The molecule has 1 saturated heterocycles. The standard InChI is InChI=1S/C21H26N4O/c22-15-17-5-7-18(8-6-17)19-9-14-25(23-16-19)26-21-10-12-24(13-11-21)20-3-1-2-4-20/h5-9,14,16,19-21H,1-4,10-13H2. The minimum Gasteiger partial charge on any atom is -0.300 e. The number of nitriles is 1. The fourth-order valence-electron chi connectivity index (χ4n) is 4.20. The lowest BCUT2D eigenvalue weighted by Gasteiger charge is -2.36. The number of allylic oxidation sites excluding steroid dienone is 1. The lowest BCUT2D eigenvalue weighted by molar-refractivity contribution is -0.178. The number of hydrogen-bond donors (Lipinski definition) is 0. The molecule has 1 saturated carbocycles. The quantitative estimate of drug-likeness (QED) is 0.829. The van der Waals surface area contributed by atoms with Crippen molar-refractivity contribution >= 4 is 6.21 Å². The van der Waals surface area contributed by atoms with Crippen LogP contribution in [0.1, 0.15) is 55.6 Å². The van der Waals surface area contributed by atoms with Crippen LogP contribution in [0, 0.1) is 11.3 Å². The van der Waals surface area contributed by atoms with E-state index in [1.807, 2.05) is 36.7 Å². The Morgan fingerprint density at radius 3 is 2.38 bits per heavy atom. The molecule has 5 nitrogen and oxygen atoms in total. The van der Waals surface area contributed by atoms with Gasteiger partial charge in [0.25, 0.3) is 0 Å². The number of piperidine rings is 1. The molecule has 1 aromatic rings. The molecule has 0 N–H and O–H groups in total. The van der Waals surface area contributed by atoms with Crippen LogP contribution in [0.5, 0.6) is 0 Å². The molecule has 1 atom stereocenters. The fourth-order valence-corrected chi connectivity index (χ4v) is 4.20. The van der Waals surface area contributed by atoms with Gasteiger partial charge in [-0.3, -0.25) is 0 Å². The normalized spacial score (nSPS) is 24.9. The van der Waals surface area contributed by atoms with Crippen molar-refractivity contribution in [1.82, 2.24) is 10.1 Å². The Bertz CT molecular complexity index is 678. The zero-order valence-electron chi connectivity index (χ0n) is 15.1. The minimum atomic E-state index is 0.131. The number of rotatable bonds is 4. The number of likely N-dealkylation sites (tertiary alicyclic amines) is 1. The van der Waals surface area contributed by atoms with Gasteiger partial charge < -0.3 is 4.90 Å². The second kappa shape index (κ2) is 8.03. The molecule has 2 fully saturated rings. The molecule has 1 aliphatic carbocycles. The van der Waals surface area contributed by atoms with E-state index in [1.54, 1.807) is 5.17 Å². The Labute approximate surface area is 155 Å². The van der Waals surface area contributed by atoms with Crippen molar-refractivity contribution < 1.29 is 4.84 Å². The number of hydrogen-bond acceptors (Lipinski definition) is 5. The highest BCUT2D eigenvalue weighted by atomic mass is 16.7. The second-order valence-corrected chi connectivity index (χ2v) is 7.45. The van der Waals surface area contributed by atoms with Crippen molar-refractivity contribution in [1.29, 1.82) is 5.26 Å². The molecule has 0 amide bonds. The van der Waals surface area contributed by atoms with Gasteiger partial charge in [0.05, 0.1) is 23.9 Å². The summed E-state index contributed by atoms with van der Waals surface area (Å²) in [5.74, 6) is 0.131. The van der Waals surface area contributed by atoms with E-state index in [0.717, 1.165) is 37.5 Å². The van der Waals surface area contributed by atoms with Crippen molar-refractivity contribution in [2.24, 2.45) is 5.10 Å². The molecular weight excluding hydrogens is 324 g/mol. The predicted molar refractivity (Wildman–Crippen MR) is 101 cm³/mol. The molecular formula is C21H26N4O. The summed E-state index contributed by atoms with van der Waals surface area (Å²) in [7, 11) is 0. The van der Waals surface area contributed by atoms with Crippen molar-refractivity contribution in [3.8, 4) is 6.07 Å². The molecule has 5 heteroatoms. The smallest absolute Gasteiger partial charge is 0.0991 e. The number of nitrogens with zero attached hydrogens (tertiary/aromatic N) is 4. The Morgan fingerprint density at radius 2 is 1.77 bits per heavy atom. The molecule has 1 aromatic carbocycles. The maximum atomic E-state index is 8.89. The fraction of sp³-hybridized carbons (Fsp3) is 0.524. The monoisotopic (exact) mass is 350 g/mol. The largest absolute Gasteiger partial charge is 0.300 e. The van der Waals surface area contributed by atoms with Crippen LogP contribution in [0.25, 0.3) is 0 Å². The molecule has 0 spiro atoms. The average molecular weight is 350 g/mol. The maximum Gasteiger partial charge on any atom is 0.0991 e. The SMILES string of the molecule is N#Cc1ccc(C2C=CN(OC3CCN(C4CCCC4)CC3)N=C2)cc1. The molecule has 0 radical (unpaired) electrons. The third-order valence-electron chi connectivity index (χ3n) is 5.76. The maximum absolute atomic E-state index is 8.89. The van der Waals surface area contributed by atoms with Crippen LogP contribution >= 0.6 is 0 Å². The topological polar surface area (TPSA) is 51.9 Å². The molecule has 3 aliphatic rings. The molecule has 1 unspecified atom stereocenters. The lowest BCUT2D eigenvalue weighted by atomic mass is 9.99. The van der Waals surface area contributed by atoms with Gasteiger partial charge in [-0.25, -0.2) is 4.84 Å². The van der Waals surface area contributed by atoms with Gasteiger partial charge >= 0.3 is 0 Å². The van der Waals surface area contributed by atoms with E-state index in [9.17, 15) is 0 Å². The molecule has 4 rings (SSSR count). The highest BCUT2D eigenvalue weighted by molar-refractivity contribution is 5.71. The molecule has 136 valence electrons. The van der Waals surface area contributed by atoms with Crippen molar-refractivity contribution in [2.45, 2.75) is 56.6 Å². The highest BCUT2D eigenvalue weighted by Crippen LogP contribution is 2.27. The van der Waals surface area contributed by atoms with Crippen molar-refractivity contribution in [3.05, 3.63) is 47.7 Å². The second-order valence-electron chi connectivity index (χ2n) is 7.45. The number of hydrazone groups is 1. The first kappa shape index (κ1) is 17.3. The number of benzene rings is 1. The van der Waals surface area contributed by atoms with E-state index < -0.39 is 0 Å². The van der Waals surface area contributed by atoms with Gasteiger partial charge in [0.15, 0.2) is 0 Å². The van der Waals surface area contributed by atoms with E-state index in [-0.39, 0.29) is 12.0 Å². The van der Waals surface area contributed by atoms with Crippen LogP contribution in [0.2, 0.25) is 0 Å². The zero-order valence-corrected chi connectivity index (χ0v) is 15.1. The van der Waals surface area contributed by atoms with E-state index in [1.165, 1.54) is 25.7 Å². The van der Waals surface area contributed by atoms with Gasteiger partial charge in [-0.2, -0.15) is 10.4 Å². The molecule has 26 heavy (non-hydrogen) atoms. The van der Waals surface area contributed by atoms with Gasteiger partial charge in [-0.05, 0) is 43.4 Å². The first-order valence-corrected chi connectivity index (χ1v) is 9.74. The van der Waals surface area contributed by atoms with E-state index in [2.05, 4.69) is 22.1 Å². The van der Waals surface area contributed by atoms with Gasteiger partial charge in [-0.15, -0.1) is 5.17 Å². The first-order chi connectivity index (χ1) is 12.8. The van der Waals surface area contributed by atoms with Gasteiger partial charge in [-0.1, -0.05) is 31.1 Å². The molecule has 0 aromatic heterocycles. The van der Waals surface area contributed by atoms with Crippen LogP contribution in [0.3, 0.4) is 0 Å². The molecule has 0 bridgehead atoms. The highest BCUT2D eigenvalue weighted by Gasteiger charge is 2.28. The van der Waals surface area contributed by atoms with Crippen LogP contribution < -0.4 is 0 Å². The van der Waals surface area contributed by atoms with Crippen LogP contribution in [-0.4, -0.2) is 41.5 Å². The Balaban J connectivity index is 1.26. The van der Waals surface area contributed by atoms with Crippen LogP contribution in [0.4, 0.5) is 0 Å². The third-order valence-corrected chi connectivity index (χ3v) is 5.76. The first-order valence-electron chi connectivity index (χ1n) is 9.74. The molecule has 2 heterocycles. The van der Waals surface area contributed by atoms with Gasteiger partial charge in [0.1, 0.15) is 0 Å². The summed E-state index contributed by atoms with van der Waals surface area (Å²) in [6.45, 7) is 2.29. The van der Waals surface area contributed by atoms with Crippen molar-refractivity contribution in [3.63, 3.8) is 0 Å². The lowest BCUT2D eigenvalue weighted by Crippen LogP contribution is -2.43. The summed E-state index contributed by atoms with van der Waals surface area (Å²) in [5, 5.41) is 14.9.